The fourth-order valence-electron chi connectivity index (χ4n) is 2.99. The molecule has 1 aliphatic heterocycles. The predicted molar refractivity (Wildman–Crippen MR) is 79.0 cm³/mol. The first-order chi connectivity index (χ1) is 10.0. The molecule has 7 nitrogen and oxygen atoms in total. The summed E-state index contributed by atoms with van der Waals surface area (Å²) in [6, 6.07) is 3.76. The number of hydrogen-bond donors (Lipinski definition) is 1. The van der Waals surface area contributed by atoms with E-state index >= 15 is 0 Å². The molecule has 1 N–H and O–H groups in total. The highest BCUT2D eigenvalue weighted by atomic mass is 16.5. The molecular weight excluding hydrogens is 268 g/mol. The highest BCUT2D eigenvalue weighted by Gasteiger charge is 2.35. The average molecular weight is 290 g/mol. The molecule has 0 spiro atoms. The van der Waals surface area contributed by atoms with E-state index in [9.17, 15) is 0 Å². The van der Waals surface area contributed by atoms with E-state index in [1.165, 1.54) is 11.1 Å². The third kappa shape index (κ3) is 3.12. The topological polar surface area (TPSA) is 77.2 Å². The van der Waals surface area contributed by atoms with Crippen molar-refractivity contribution in [1.82, 2.24) is 25.3 Å². The highest BCUT2D eigenvalue weighted by molar-refractivity contribution is 5.42. The molecule has 0 bridgehead atoms. The zero-order valence-electron chi connectivity index (χ0n) is 12.8. The van der Waals surface area contributed by atoms with Crippen molar-refractivity contribution in [2.24, 2.45) is 11.3 Å². The lowest BCUT2D eigenvalue weighted by atomic mass is 9.78. The molecule has 114 valence electrons. The van der Waals surface area contributed by atoms with Crippen LogP contribution in [0.4, 0.5) is 5.82 Å². The van der Waals surface area contributed by atoms with E-state index in [2.05, 4.69) is 46.7 Å². The number of aromatic nitrogens is 5. The second-order valence-electron chi connectivity index (χ2n) is 6.69. The molecule has 7 heteroatoms. The molecule has 3 rings (SSSR count). The fourth-order valence-corrected chi connectivity index (χ4v) is 2.99. The van der Waals surface area contributed by atoms with Crippen LogP contribution in [0.5, 0.6) is 0 Å². The molecular formula is C14H22N6O. The summed E-state index contributed by atoms with van der Waals surface area (Å²) in [5, 5.41) is 19.0. The maximum absolute atomic E-state index is 6.00. The van der Waals surface area contributed by atoms with Crippen LogP contribution in [-0.2, 0) is 4.74 Å². The summed E-state index contributed by atoms with van der Waals surface area (Å²) in [7, 11) is 0. The van der Waals surface area contributed by atoms with Crippen LogP contribution in [0.15, 0.2) is 12.1 Å². The van der Waals surface area contributed by atoms with Crippen molar-refractivity contribution in [3.05, 3.63) is 12.1 Å². The van der Waals surface area contributed by atoms with E-state index in [1.807, 2.05) is 12.1 Å². The van der Waals surface area contributed by atoms with E-state index < -0.39 is 0 Å². The number of rotatable bonds is 3. The molecule has 2 unspecified atom stereocenters. The van der Waals surface area contributed by atoms with Gasteiger partial charge in [0.05, 0.1) is 6.10 Å². The summed E-state index contributed by atoms with van der Waals surface area (Å²) >= 11 is 0. The molecule has 2 aromatic rings. The minimum Gasteiger partial charge on any atom is -0.377 e. The lowest BCUT2D eigenvalue weighted by molar-refractivity contribution is -0.0814. The van der Waals surface area contributed by atoms with E-state index in [1.54, 1.807) is 0 Å². The Morgan fingerprint density at radius 2 is 2.24 bits per heavy atom. The molecule has 21 heavy (non-hydrogen) atoms. The van der Waals surface area contributed by atoms with E-state index in [-0.39, 0.29) is 11.5 Å². The predicted octanol–water partition coefficient (Wildman–Crippen LogP) is 1.77. The first-order valence-electron chi connectivity index (χ1n) is 7.45. The van der Waals surface area contributed by atoms with E-state index in [0.29, 0.717) is 11.6 Å². The minimum atomic E-state index is 0.153. The monoisotopic (exact) mass is 290 g/mol. The average Bonchev–Trinajstić information content (AvgIpc) is 2.92. The number of anilines is 1. The normalized spacial score (nSPS) is 23.4. The van der Waals surface area contributed by atoms with Crippen molar-refractivity contribution < 1.29 is 4.74 Å². The van der Waals surface area contributed by atoms with Crippen molar-refractivity contribution in [2.45, 2.75) is 39.7 Å². The van der Waals surface area contributed by atoms with Gasteiger partial charge in [0, 0.05) is 19.1 Å². The lowest BCUT2D eigenvalue weighted by Crippen LogP contribution is -2.42. The Labute approximate surface area is 124 Å². The maximum atomic E-state index is 6.00. The zero-order valence-corrected chi connectivity index (χ0v) is 12.8. The molecule has 0 aliphatic carbocycles. The van der Waals surface area contributed by atoms with Crippen LogP contribution in [0.2, 0.25) is 0 Å². The molecule has 3 heterocycles. The molecule has 1 aliphatic rings. The van der Waals surface area contributed by atoms with Gasteiger partial charge in [-0.05, 0) is 40.8 Å². The number of nitrogens with one attached hydrogen (secondary N) is 1. The third-order valence-electron chi connectivity index (χ3n) is 3.91. The second-order valence-corrected chi connectivity index (χ2v) is 6.69. The Kier molecular flexibility index (Phi) is 3.75. The summed E-state index contributed by atoms with van der Waals surface area (Å²) < 4.78 is 7.43. The number of fused-ring (bicyclic) bond motifs is 1. The Hall–Kier alpha value is -1.76. The van der Waals surface area contributed by atoms with Crippen LogP contribution in [0.3, 0.4) is 0 Å². The van der Waals surface area contributed by atoms with Gasteiger partial charge in [0.2, 0.25) is 0 Å². The fraction of sp³-hybridized carbons (Fsp3) is 0.714. The minimum absolute atomic E-state index is 0.153. The Bertz CT molecular complexity index is 605. The van der Waals surface area contributed by atoms with Crippen molar-refractivity contribution in [3.8, 4) is 0 Å². The Balaban J connectivity index is 1.67. The van der Waals surface area contributed by atoms with E-state index in [0.717, 1.165) is 25.4 Å². The van der Waals surface area contributed by atoms with Gasteiger partial charge in [0.1, 0.15) is 5.82 Å². The third-order valence-corrected chi connectivity index (χ3v) is 3.91. The molecule has 0 amide bonds. The maximum Gasteiger partial charge on any atom is 0.200 e. The zero-order chi connectivity index (χ0) is 14.9. The molecule has 0 aromatic carbocycles. The number of ether oxygens (including phenoxy) is 1. The lowest BCUT2D eigenvalue weighted by Gasteiger charge is -2.40. The van der Waals surface area contributed by atoms with Crippen LogP contribution >= 0.6 is 0 Å². The van der Waals surface area contributed by atoms with Gasteiger partial charge in [-0.15, -0.1) is 14.8 Å². The summed E-state index contributed by atoms with van der Waals surface area (Å²) in [4.78, 5) is 0. The summed E-state index contributed by atoms with van der Waals surface area (Å²) in [5.41, 5.74) is 0.800. The van der Waals surface area contributed by atoms with Crippen LogP contribution < -0.4 is 5.32 Å². The highest BCUT2D eigenvalue weighted by Crippen LogP contribution is 2.34. The molecule has 0 radical (unpaired) electrons. The molecule has 2 aromatic heterocycles. The molecule has 1 saturated heterocycles. The summed E-state index contributed by atoms with van der Waals surface area (Å²) in [6.45, 7) is 8.43. The first-order valence-corrected chi connectivity index (χ1v) is 7.45. The van der Waals surface area contributed by atoms with Crippen LogP contribution in [0, 0.1) is 11.3 Å². The Morgan fingerprint density at radius 3 is 3.05 bits per heavy atom. The number of nitrogens with zero attached hydrogens (tertiary/aromatic N) is 5. The first kappa shape index (κ1) is 14.2. The quantitative estimate of drug-likeness (QED) is 0.928. The van der Waals surface area contributed by atoms with Crippen molar-refractivity contribution >= 4 is 11.5 Å². The van der Waals surface area contributed by atoms with Gasteiger partial charge in [0.25, 0.3) is 0 Å². The standard InChI is InChI=1S/C14H22N6O/c1-14(2,3)13-10(5-4-8-21-13)9-15-11-6-7-12-16-18-19-20(12)17-11/h6-7,10,13H,4-5,8-9H2,1-3H3,(H,15,17). The SMILES string of the molecule is CC(C)(C)C1OCCCC1CNc1ccc2nnnn2n1. The van der Waals surface area contributed by atoms with Crippen LogP contribution in [0.1, 0.15) is 33.6 Å². The van der Waals surface area contributed by atoms with Crippen LogP contribution in [-0.4, -0.2) is 44.5 Å². The number of hydrogen-bond acceptors (Lipinski definition) is 6. The second kappa shape index (κ2) is 5.55. The van der Waals surface area contributed by atoms with Gasteiger partial charge in [-0.1, -0.05) is 20.8 Å². The Morgan fingerprint density at radius 1 is 1.38 bits per heavy atom. The largest absolute Gasteiger partial charge is 0.377 e. The van der Waals surface area contributed by atoms with Gasteiger partial charge < -0.3 is 10.1 Å². The number of tetrazole rings is 1. The van der Waals surface area contributed by atoms with Gasteiger partial charge >= 0.3 is 0 Å². The van der Waals surface area contributed by atoms with Gasteiger partial charge in [0.15, 0.2) is 5.65 Å². The summed E-state index contributed by atoms with van der Waals surface area (Å²) in [6.07, 6.45) is 2.58. The molecule has 0 saturated carbocycles. The van der Waals surface area contributed by atoms with Gasteiger partial charge in [-0.25, -0.2) is 0 Å². The smallest absolute Gasteiger partial charge is 0.200 e. The van der Waals surface area contributed by atoms with E-state index in [4.69, 9.17) is 4.74 Å². The molecule has 2 atom stereocenters. The molecule has 1 fully saturated rings. The van der Waals surface area contributed by atoms with Crippen molar-refractivity contribution in [1.29, 1.82) is 0 Å². The van der Waals surface area contributed by atoms with Gasteiger partial charge in [-0.3, -0.25) is 0 Å². The van der Waals surface area contributed by atoms with Crippen molar-refractivity contribution in [2.75, 3.05) is 18.5 Å². The van der Waals surface area contributed by atoms with Crippen LogP contribution in [0.25, 0.3) is 5.65 Å². The summed E-state index contributed by atoms with van der Waals surface area (Å²) in [5.74, 6) is 1.28. The van der Waals surface area contributed by atoms with Crippen molar-refractivity contribution in [3.63, 3.8) is 0 Å². The van der Waals surface area contributed by atoms with Gasteiger partial charge in [-0.2, -0.15) is 0 Å².